The predicted molar refractivity (Wildman–Crippen MR) is 106 cm³/mol. The fourth-order valence-electron chi connectivity index (χ4n) is 2.34. The maximum Gasteiger partial charge on any atom is 0.331 e. The van der Waals surface area contributed by atoms with Crippen LogP contribution in [0.5, 0.6) is 0 Å². The number of rotatable bonds is 7. The lowest BCUT2D eigenvalue weighted by Crippen LogP contribution is -2.20. The molecule has 0 aliphatic rings. The van der Waals surface area contributed by atoms with Crippen molar-refractivity contribution in [2.24, 2.45) is 0 Å². The van der Waals surface area contributed by atoms with E-state index >= 15 is 0 Å². The molecule has 28 heavy (non-hydrogen) atoms. The van der Waals surface area contributed by atoms with Gasteiger partial charge in [-0.05, 0) is 23.8 Å². The summed E-state index contributed by atoms with van der Waals surface area (Å²) < 4.78 is 6.68. The van der Waals surface area contributed by atoms with Crippen LogP contribution in [0.2, 0.25) is 5.15 Å². The van der Waals surface area contributed by atoms with E-state index in [9.17, 15) is 9.59 Å². The lowest BCUT2D eigenvalue weighted by Gasteiger charge is -2.06. The molecular formula is C20H17ClN4O3. The Bertz CT molecular complexity index is 986. The van der Waals surface area contributed by atoms with Crippen LogP contribution >= 0.6 is 11.6 Å². The van der Waals surface area contributed by atoms with Gasteiger partial charge in [0.15, 0.2) is 11.8 Å². The number of carbonyl (C=O) groups is 2. The number of anilines is 1. The first-order valence-electron chi connectivity index (χ1n) is 8.42. The maximum absolute atomic E-state index is 11.8. The summed E-state index contributed by atoms with van der Waals surface area (Å²) in [5.74, 6) is -1.14. The number of benzene rings is 1. The molecule has 0 saturated heterocycles. The number of hydrogen-bond donors (Lipinski definition) is 1. The number of nitrogens with one attached hydrogen (secondary N) is 1. The molecule has 0 aliphatic heterocycles. The van der Waals surface area contributed by atoms with Gasteiger partial charge in [-0.15, -0.1) is 0 Å². The van der Waals surface area contributed by atoms with Gasteiger partial charge in [0.05, 0.1) is 18.4 Å². The summed E-state index contributed by atoms with van der Waals surface area (Å²) in [4.78, 5) is 27.4. The van der Waals surface area contributed by atoms with Crippen LogP contribution in [-0.2, 0) is 20.9 Å². The van der Waals surface area contributed by atoms with Crippen molar-refractivity contribution in [3.8, 4) is 0 Å². The van der Waals surface area contributed by atoms with E-state index in [2.05, 4.69) is 15.4 Å². The summed E-state index contributed by atoms with van der Waals surface area (Å²) in [6, 6.07) is 13.1. The third-order valence-corrected chi connectivity index (χ3v) is 3.93. The third kappa shape index (κ3) is 5.78. The molecule has 8 heteroatoms. The average Bonchev–Trinajstić information content (AvgIpc) is 3.15. The highest BCUT2D eigenvalue weighted by molar-refractivity contribution is 6.32. The van der Waals surface area contributed by atoms with Crippen molar-refractivity contribution in [3.05, 3.63) is 83.4 Å². The van der Waals surface area contributed by atoms with E-state index in [0.717, 1.165) is 11.1 Å². The Labute approximate surface area is 166 Å². The van der Waals surface area contributed by atoms with Crippen molar-refractivity contribution in [1.29, 1.82) is 0 Å². The molecule has 2 heterocycles. The number of pyridine rings is 1. The Kier molecular flexibility index (Phi) is 6.54. The molecule has 0 radical (unpaired) electrons. The van der Waals surface area contributed by atoms with Gasteiger partial charge >= 0.3 is 5.97 Å². The fraction of sp³-hybridized carbons (Fsp3) is 0.100. The van der Waals surface area contributed by atoms with E-state index in [1.807, 2.05) is 36.5 Å². The van der Waals surface area contributed by atoms with Crippen molar-refractivity contribution < 1.29 is 14.3 Å². The largest absolute Gasteiger partial charge is 0.452 e. The normalized spacial score (nSPS) is 10.8. The van der Waals surface area contributed by atoms with Crippen LogP contribution in [0.3, 0.4) is 0 Å². The number of esters is 1. The zero-order valence-corrected chi connectivity index (χ0v) is 15.5. The minimum absolute atomic E-state index is 0.162. The standard InChI is InChI=1S/C20H17ClN4O3/c21-20-17(7-4-10-22-20)24-18(26)14-28-19(27)9-8-16-11-23-25(13-16)12-15-5-2-1-3-6-15/h1-11,13H,12,14H2,(H,24,26)/b9-8+. The molecule has 0 bridgehead atoms. The minimum Gasteiger partial charge on any atom is -0.452 e. The molecule has 0 atom stereocenters. The second-order valence-corrected chi connectivity index (χ2v) is 6.15. The summed E-state index contributed by atoms with van der Waals surface area (Å²) in [7, 11) is 0. The summed E-state index contributed by atoms with van der Waals surface area (Å²) in [5, 5.41) is 6.93. The molecule has 7 nitrogen and oxygen atoms in total. The molecule has 0 spiro atoms. The monoisotopic (exact) mass is 396 g/mol. The first-order valence-corrected chi connectivity index (χ1v) is 8.79. The number of halogens is 1. The van der Waals surface area contributed by atoms with E-state index in [1.165, 1.54) is 12.3 Å². The van der Waals surface area contributed by atoms with Gasteiger partial charge in [-0.2, -0.15) is 5.10 Å². The van der Waals surface area contributed by atoms with Crippen LogP contribution in [0.15, 0.2) is 67.1 Å². The number of carbonyl (C=O) groups excluding carboxylic acids is 2. The lowest BCUT2D eigenvalue weighted by molar-refractivity contribution is -0.142. The van der Waals surface area contributed by atoms with Gasteiger partial charge in [0.1, 0.15) is 0 Å². The Morgan fingerprint density at radius 1 is 1.18 bits per heavy atom. The number of nitrogens with zero attached hydrogens (tertiary/aromatic N) is 3. The van der Waals surface area contributed by atoms with E-state index in [0.29, 0.717) is 12.2 Å². The molecule has 0 aliphatic carbocycles. The van der Waals surface area contributed by atoms with Gasteiger partial charge in [-0.25, -0.2) is 9.78 Å². The second kappa shape index (κ2) is 9.48. The van der Waals surface area contributed by atoms with Gasteiger partial charge in [-0.1, -0.05) is 41.9 Å². The van der Waals surface area contributed by atoms with Crippen molar-refractivity contribution in [2.45, 2.75) is 6.54 Å². The molecule has 1 N–H and O–H groups in total. The van der Waals surface area contributed by atoms with Gasteiger partial charge in [-0.3, -0.25) is 9.48 Å². The van der Waals surface area contributed by atoms with Crippen molar-refractivity contribution >= 4 is 35.2 Å². The van der Waals surface area contributed by atoms with Gasteiger partial charge in [0, 0.05) is 24.0 Å². The van der Waals surface area contributed by atoms with Gasteiger partial charge in [0.2, 0.25) is 0 Å². The Morgan fingerprint density at radius 3 is 2.79 bits per heavy atom. The van der Waals surface area contributed by atoms with Gasteiger partial charge < -0.3 is 10.1 Å². The van der Waals surface area contributed by atoms with E-state index in [1.54, 1.807) is 29.1 Å². The average molecular weight is 397 g/mol. The van der Waals surface area contributed by atoms with Gasteiger partial charge in [0.25, 0.3) is 5.91 Å². The highest BCUT2D eigenvalue weighted by atomic mass is 35.5. The van der Waals surface area contributed by atoms with Crippen LogP contribution in [0.1, 0.15) is 11.1 Å². The number of amides is 1. The summed E-state index contributed by atoms with van der Waals surface area (Å²) in [6.45, 7) is 0.206. The quantitative estimate of drug-likeness (QED) is 0.376. The number of ether oxygens (including phenoxy) is 1. The highest BCUT2D eigenvalue weighted by Gasteiger charge is 2.08. The lowest BCUT2D eigenvalue weighted by atomic mass is 10.2. The van der Waals surface area contributed by atoms with Crippen molar-refractivity contribution in [3.63, 3.8) is 0 Å². The zero-order chi connectivity index (χ0) is 19.8. The summed E-state index contributed by atoms with van der Waals surface area (Å²) in [5.41, 5.74) is 2.23. The fourth-order valence-corrected chi connectivity index (χ4v) is 2.50. The smallest absolute Gasteiger partial charge is 0.331 e. The van der Waals surface area contributed by atoms with Crippen LogP contribution in [-0.4, -0.2) is 33.2 Å². The van der Waals surface area contributed by atoms with Crippen LogP contribution < -0.4 is 5.32 Å². The zero-order valence-electron chi connectivity index (χ0n) is 14.8. The molecule has 2 aromatic heterocycles. The van der Waals surface area contributed by atoms with Crippen molar-refractivity contribution in [2.75, 3.05) is 11.9 Å². The Morgan fingerprint density at radius 2 is 2.00 bits per heavy atom. The summed E-state index contributed by atoms with van der Waals surface area (Å²) in [6.07, 6.45) is 7.78. The SMILES string of the molecule is O=C(COC(=O)/C=C/c1cnn(Cc2ccccc2)c1)Nc1cccnc1Cl. The maximum atomic E-state index is 11.8. The molecule has 142 valence electrons. The predicted octanol–water partition coefficient (Wildman–Crippen LogP) is 3.17. The topological polar surface area (TPSA) is 86.1 Å². The van der Waals surface area contributed by atoms with Crippen LogP contribution in [0.25, 0.3) is 6.08 Å². The van der Waals surface area contributed by atoms with Crippen LogP contribution in [0.4, 0.5) is 5.69 Å². The van der Waals surface area contributed by atoms with E-state index in [4.69, 9.17) is 16.3 Å². The molecule has 0 saturated carbocycles. The first-order chi connectivity index (χ1) is 13.6. The molecule has 0 fully saturated rings. The van der Waals surface area contributed by atoms with E-state index < -0.39 is 18.5 Å². The Hall–Kier alpha value is -3.45. The van der Waals surface area contributed by atoms with Crippen LogP contribution in [0, 0.1) is 0 Å². The Balaban J connectivity index is 1.46. The first kappa shape index (κ1) is 19.3. The molecule has 3 rings (SSSR count). The molecule has 1 amide bonds. The number of aromatic nitrogens is 3. The minimum atomic E-state index is -0.636. The third-order valence-electron chi connectivity index (χ3n) is 3.63. The summed E-state index contributed by atoms with van der Waals surface area (Å²) >= 11 is 5.85. The molecule has 3 aromatic rings. The molecular weight excluding hydrogens is 380 g/mol. The van der Waals surface area contributed by atoms with E-state index in [-0.39, 0.29) is 5.15 Å². The van der Waals surface area contributed by atoms with Crippen molar-refractivity contribution in [1.82, 2.24) is 14.8 Å². The second-order valence-electron chi connectivity index (χ2n) is 5.79. The molecule has 0 unspecified atom stereocenters. The molecule has 1 aromatic carbocycles. The highest BCUT2D eigenvalue weighted by Crippen LogP contribution is 2.17. The number of hydrogen-bond acceptors (Lipinski definition) is 5.